The van der Waals surface area contributed by atoms with Gasteiger partial charge in [0.1, 0.15) is 5.58 Å². The van der Waals surface area contributed by atoms with E-state index in [-0.39, 0.29) is 0 Å². The first-order chi connectivity index (χ1) is 8.25. The molecule has 1 aromatic carbocycles. The van der Waals surface area contributed by atoms with Crippen LogP contribution in [0.2, 0.25) is 5.02 Å². The highest BCUT2D eigenvalue weighted by molar-refractivity contribution is 6.35. The van der Waals surface area contributed by atoms with Crippen LogP contribution in [0.1, 0.15) is 18.9 Å². The van der Waals surface area contributed by atoms with Crippen LogP contribution in [0, 0.1) is 0 Å². The molecule has 1 aliphatic heterocycles. The van der Waals surface area contributed by atoms with E-state index < -0.39 is 0 Å². The number of furan rings is 1. The van der Waals surface area contributed by atoms with E-state index in [1.54, 1.807) is 6.26 Å². The summed E-state index contributed by atoms with van der Waals surface area (Å²) >= 11 is 6.15. The number of benzene rings is 1. The van der Waals surface area contributed by atoms with Gasteiger partial charge in [-0.2, -0.15) is 0 Å². The van der Waals surface area contributed by atoms with Gasteiger partial charge in [-0.05, 0) is 37.1 Å². The number of rotatable bonds is 1. The molecule has 0 radical (unpaired) electrons. The van der Waals surface area contributed by atoms with Crippen molar-refractivity contribution in [3.8, 4) is 0 Å². The molecule has 0 aliphatic carbocycles. The fourth-order valence-corrected chi connectivity index (χ4v) is 2.58. The summed E-state index contributed by atoms with van der Waals surface area (Å²) in [6, 6.07) is 6.43. The molecule has 17 heavy (non-hydrogen) atoms. The molecule has 3 rings (SSSR count). The molecule has 0 bridgehead atoms. The molecule has 0 saturated heterocycles. The molecular formula is C14H14ClNO. The van der Waals surface area contributed by atoms with Crippen LogP contribution in [-0.4, -0.2) is 12.6 Å². The van der Waals surface area contributed by atoms with Crippen LogP contribution >= 0.6 is 11.6 Å². The Morgan fingerprint density at radius 3 is 3.06 bits per heavy atom. The van der Waals surface area contributed by atoms with E-state index in [4.69, 9.17) is 16.0 Å². The summed E-state index contributed by atoms with van der Waals surface area (Å²) in [6.07, 6.45) is 4.95. The van der Waals surface area contributed by atoms with Gasteiger partial charge in [-0.1, -0.05) is 17.7 Å². The third-order valence-corrected chi connectivity index (χ3v) is 3.58. The third kappa shape index (κ3) is 1.88. The molecule has 3 heteroatoms. The summed E-state index contributed by atoms with van der Waals surface area (Å²) in [5, 5.41) is 5.15. The van der Waals surface area contributed by atoms with E-state index in [9.17, 15) is 0 Å². The molecule has 1 N–H and O–H groups in total. The summed E-state index contributed by atoms with van der Waals surface area (Å²) in [5.74, 6) is 0. The maximum absolute atomic E-state index is 6.15. The average Bonchev–Trinajstić information content (AvgIpc) is 2.79. The van der Waals surface area contributed by atoms with Gasteiger partial charge in [-0.3, -0.25) is 0 Å². The Morgan fingerprint density at radius 2 is 2.24 bits per heavy atom. The number of fused-ring (bicyclic) bond motifs is 1. The molecule has 1 unspecified atom stereocenters. The molecule has 0 fully saturated rings. The smallest absolute Gasteiger partial charge is 0.142 e. The zero-order chi connectivity index (χ0) is 11.8. The second-order valence-corrected chi connectivity index (χ2v) is 4.91. The Morgan fingerprint density at radius 1 is 1.35 bits per heavy atom. The van der Waals surface area contributed by atoms with Crippen LogP contribution < -0.4 is 5.32 Å². The minimum absolute atomic E-state index is 0.510. The zero-order valence-electron chi connectivity index (χ0n) is 9.66. The van der Waals surface area contributed by atoms with Gasteiger partial charge in [-0.25, -0.2) is 0 Å². The lowest BCUT2D eigenvalue weighted by atomic mass is 9.95. The first kappa shape index (κ1) is 10.9. The van der Waals surface area contributed by atoms with Gasteiger partial charge in [0.15, 0.2) is 0 Å². The normalized spacial score (nSPS) is 20.6. The van der Waals surface area contributed by atoms with E-state index in [2.05, 4.69) is 24.4 Å². The minimum Gasteiger partial charge on any atom is -0.464 e. The van der Waals surface area contributed by atoms with E-state index in [1.807, 2.05) is 12.1 Å². The van der Waals surface area contributed by atoms with Crippen LogP contribution in [0.4, 0.5) is 0 Å². The Hall–Kier alpha value is -1.25. The van der Waals surface area contributed by atoms with Crippen molar-refractivity contribution in [2.24, 2.45) is 0 Å². The molecule has 2 nitrogen and oxygen atoms in total. The van der Waals surface area contributed by atoms with E-state index >= 15 is 0 Å². The molecule has 1 aromatic heterocycles. The number of halogens is 1. The Balaban J connectivity index is 2.14. The largest absolute Gasteiger partial charge is 0.464 e. The average molecular weight is 248 g/mol. The summed E-state index contributed by atoms with van der Waals surface area (Å²) in [7, 11) is 0. The van der Waals surface area contributed by atoms with Gasteiger partial charge in [0, 0.05) is 23.5 Å². The first-order valence-electron chi connectivity index (χ1n) is 5.84. The highest BCUT2D eigenvalue weighted by Gasteiger charge is 2.16. The van der Waals surface area contributed by atoms with Crippen LogP contribution in [0.3, 0.4) is 0 Å². The molecule has 2 heterocycles. The molecule has 2 aromatic rings. The summed E-state index contributed by atoms with van der Waals surface area (Å²) in [6.45, 7) is 3.11. The van der Waals surface area contributed by atoms with Gasteiger partial charge in [0.25, 0.3) is 0 Å². The third-order valence-electron chi connectivity index (χ3n) is 3.25. The maximum Gasteiger partial charge on any atom is 0.142 e. The standard InChI is InChI=1S/C14H14ClNO/c1-9-8-10(4-6-16-9)11-2-3-13(15)12-5-7-17-14(11)12/h2-5,7,9,16H,6,8H2,1H3. The van der Waals surface area contributed by atoms with E-state index in [1.165, 1.54) is 11.1 Å². The quantitative estimate of drug-likeness (QED) is 0.828. The Kier molecular flexibility index (Phi) is 2.69. The minimum atomic E-state index is 0.510. The lowest BCUT2D eigenvalue weighted by Crippen LogP contribution is -2.29. The van der Waals surface area contributed by atoms with Crippen molar-refractivity contribution in [1.82, 2.24) is 5.32 Å². The molecular weight excluding hydrogens is 234 g/mol. The molecule has 0 spiro atoms. The SMILES string of the molecule is CC1CC(c2ccc(Cl)c3ccoc23)=CCN1. The summed E-state index contributed by atoms with van der Waals surface area (Å²) < 4.78 is 5.57. The monoisotopic (exact) mass is 247 g/mol. The number of hydrogen-bond donors (Lipinski definition) is 1. The van der Waals surface area contributed by atoms with Crippen molar-refractivity contribution < 1.29 is 4.42 Å². The van der Waals surface area contributed by atoms with Crippen LogP contribution in [0.25, 0.3) is 16.5 Å². The number of hydrogen-bond acceptors (Lipinski definition) is 2. The zero-order valence-corrected chi connectivity index (χ0v) is 10.4. The fraction of sp³-hybridized carbons (Fsp3) is 0.286. The predicted octanol–water partition coefficient (Wildman–Crippen LogP) is 3.85. The van der Waals surface area contributed by atoms with Crippen molar-refractivity contribution >= 4 is 28.1 Å². The van der Waals surface area contributed by atoms with Crippen molar-refractivity contribution in [1.29, 1.82) is 0 Å². The second-order valence-electron chi connectivity index (χ2n) is 4.50. The first-order valence-corrected chi connectivity index (χ1v) is 6.22. The van der Waals surface area contributed by atoms with Gasteiger partial charge in [0.2, 0.25) is 0 Å². The van der Waals surface area contributed by atoms with Crippen molar-refractivity contribution in [3.63, 3.8) is 0 Å². The fourth-order valence-electron chi connectivity index (χ4n) is 2.37. The van der Waals surface area contributed by atoms with E-state index in [0.29, 0.717) is 6.04 Å². The second kappa shape index (κ2) is 4.21. The van der Waals surface area contributed by atoms with E-state index in [0.717, 1.165) is 29.0 Å². The lowest BCUT2D eigenvalue weighted by Gasteiger charge is -2.21. The molecule has 0 saturated carbocycles. The van der Waals surface area contributed by atoms with Gasteiger partial charge >= 0.3 is 0 Å². The Labute approximate surface area is 105 Å². The van der Waals surface area contributed by atoms with Crippen molar-refractivity contribution in [2.45, 2.75) is 19.4 Å². The maximum atomic E-state index is 6.15. The highest BCUT2D eigenvalue weighted by atomic mass is 35.5. The van der Waals surface area contributed by atoms with Gasteiger partial charge in [-0.15, -0.1) is 0 Å². The molecule has 1 atom stereocenters. The van der Waals surface area contributed by atoms with Gasteiger partial charge < -0.3 is 9.73 Å². The topological polar surface area (TPSA) is 25.2 Å². The van der Waals surface area contributed by atoms with Crippen molar-refractivity contribution in [2.75, 3.05) is 6.54 Å². The predicted molar refractivity (Wildman–Crippen MR) is 71.3 cm³/mol. The van der Waals surface area contributed by atoms with Gasteiger partial charge in [0.05, 0.1) is 11.3 Å². The highest BCUT2D eigenvalue weighted by Crippen LogP contribution is 2.33. The molecule has 1 aliphatic rings. The summed E-state index contributed by atoms with van der Waals surface area (Å²) in [5.41, 5.74) is 3.41. The molecule has 0 amide bonds. The summed E-state index contributed by atoms with van der Waals surface area (Å²) in [4.78, 5) is 0. The molecule has 88 valence electrons. The van der Waals surface area contributed by atoms with Crippen LogP contribution in [0.15, 0.2) is 35.0 Å². The Bertz CT molecular complexity index is 585. The lowest BCUT2D eigenvalue weighted by molar-refractivity contribution is 0.577. The van der Waals surface area contributed by atoms with Crippen molar-refractivity contribution in [3.05, 3.63) is 41.1 Å². The van der Waals surface area contributed by atoms with Crippen LogP contribution in [0.5, 0.6) is 0 Å². The van der Waals surface area contributed by atoms with Crippen LogP contribution in [-0.2, 0) is 0 Å². The number of nitrogens with one attached hydrogen (secondary N) is 1.